The van der Waals surface area contributed by atoms with Gasteiger partial charge < -0.3 is 20.3 Å². The molecule has 0 aromatic heterocycles. The van der Waals surface area contributed by atoms with Gasteiger partial charge in [-0.25, -0.2) is 0 Å². The van der Waals surface area contributed by atoms with E-state index in [1.54, 1.807) is 0 Å². The van der Waals surface area contributed by atoms with Crippen molar-refractivity contribution in [2.75, 3.05) is 45.9 Å². The standard InChI is InChI=1S/C26H45N5O.HI/c1-4-27-26(29-24-11-18-31(19-12-24)22(2)3)28-15-8-20-32-25-13-16-30(17-14-25)21-23-9-6-5-7-10-23;/h5-7,9-10,22,24-25H,4,8,11-21H2,1-3H3,(H2,27,28,29);1H. The van der Waals surface area contributed by atoms with E-state index in [1.165, 1.54) is 31.5 Å². The Kier molecular flexibility index (Phi) is 13.7. The molecule has 0 aliphatic carbocycles. The van der Waals surface area contributed by atoms with E-state index in [9.17, 15) is 0 Å². The highest BCUT2D eigenvalue weighted by molar-refractivity contribution is 14.0. The van der Waals surface area contributed by atoms with Gasteiger partial charge in [-0.2, -0.15) is 0 Å². The lowest BCUT2D eigenvalue weighted by molar-refractivity contribution is 0.00566. The second-order valence-corrected chi connectivity index (χ2v) is 9.49. The average Bonchev–Trinajstić information content (AvgIpc) is 2.81. The molecule has 2 N–H and O–H groups in total. The lowest BCUT2D eigenvalue weighted by atomic mass is 10.0. The predicted octanol–water partition coefficient (Wildman–Crippen LogP) is 4.10. The number of hydrogen-bond acceptors (Lipinski definition) is 4. The summed E-state index contributed by atoms with van der Waals surface area (Å²) >= 11 is 0. The minimum Gasteiger partial charge on any atom is -0.378 e. The third kappa shape index (κ3) is 10.5. The minimum atomic E-state index is 0. The SMILES string of the molecule is CCNC(=NCCCOC1CCN(Cc2ccccc2)CC1)NC1CCN(C(C)C)CC1.I. The number of piperidine rings is 2. The van der Waals surface area contributed by atoms with Crippen LogP contribution in [0.3, 0.4) is 0 Å². The van der Waals surface area contributed by atoms with Gasteiger partial charge in [0.1, 0.15) is 0 Å². The van der Waals surface area contributed by atoms with Crippen molar-refractivity contribution >= 4 is 29.9 Å². The molecule has 0 bridgehead atoms. The third-order valence-electron chi connectivity index (χ3n) is 6.65. The molecule has 0 spiro atoms. The fraction of sp³-hybridized carbons (Fsp3) is 0.731. The quantitative estimate of drug-likeness (QED) is 0.192. The maximum absolute atomic E-state index is 6.17. The van der Waals surface area contributed by atoms with Gasteiger partial charge in [-0.15, -0.1) is 24.0 Å². The second kappa shape index (κ2) is 15.9. The van der Waals surface area contributed by atoms with Crippen LogP contribution in [0.5, 0.6) is 0 Å². The molecule has 0 radical (unpaired) electrons. The van der Waals surface area contributed by atoms with Crippen LogP contribution >= 0.6 is 24.0 Å². The van der Waals surface area contributed by atoms with E-state index in [1.807, 2.05) is 0 Å². The molecule has 2 fully saturated rings. The lowest BCUT2D eigenvalue weighted by Gasteiger charge is -2.35. The summed E-state index contributed by atoms with van der Waals surface area (Å²) in [5.74, 6) is 0.963. The first-order chi connectivity index (χ1) is 15.6. The van der Waals surface area contributed by atoms with Gasteiger partial charge >= 0.3 is 0 Å². The van der Waals surface area contributed by atoms with Gasteiger partial charge in [0.2, 0.25) is 0 Å². The zero-order valence-electron chi connectivity index (χ0n) is 21.0. The van der Waals surface area contributed by atoms with Gasteiger partial charge in [-0.3, -0.25) is 9.89 Å². The number of benzene rings is 1. The summed E-state index contributed by atoms with van der Waals surface area (Å²) in [6.07, 6.45) is 6.03. The Morgan fingerprint density at radius 3 is 2.39 bits per heavy atom. The van der Waals surface area contributed by atoms with E-state index >= 15 is 0 Å². The van der Waals surface area contributed by atoms with Crippen LogP contribution in [0.15, 0.2) is 35.3 Å². The first-order valence-corrected chi connectivity index (χ1v) is 12.8. The number of aliphatic imine (C=N–C) groups is 1. The van der Waals surface area contributed by atoms with Crippen molar-refractivity contribution in [3.05, 3.63) is 35.9 Å². The molecule has 7 heteroatoms. The Labute approximate surface area is 218 Å². The molecule has 2 saturated heterocycles. The zero-order chi connectivity index (χ0) is 22.6. The van der Waals surface area contributed by atoms with E-state index in [0.29, 0.717) is 18.2 Å². The van der Waals surface area contributed by atoms with E-state index in [0.717, 1.165) is 64.6 Å². The molecule has 2 aliphatic rings. The summed E-state index contributed by atoms with van der Waals surface area (Å²) in [6.45, 7) is 14.9. The molecule has 1 aromatic rings. The Balaban J connectivity index is 0.00000385. The Morgan fingerprint density at radius 2 is 1.76 bits per heavy atom. The first kappa shape index (κ1) is 28.3. The van der Waals surface area contributed by atoms with Gasteiger partial charge in [0.05, 0.1) is 6.10 Å². The van der Waals surface area contributed by atoms with E-state index in [-0.39, 0.29) is 24.0 Å². The van der Waals surface area contributed by atoms with Crippen molar-refractivity contribution in [3.8, 4) is 0 Å². The van der Waals surface area contributed by atoms with Crippen LogP contribution in [0.1, 0.15) is 58.4 Å². The second-order valence-electron chi connectivity index (χ2n) is 9.49. The number of rotatable bonds is 10. The highest BCUT2D eigenvalue weighted by atomic mass is 127. The highest BCUT2D eigenvalue weighted by Crippen LogP contribution is 2.16. The van der Waals surface area contributed by atoms with Gasteiger partial charge in [0, 0.05) is 64.5 Å². The highest BCUT2D eigenvalue weighted by Gasteiger charge is 2.21. The van der Waals surface area contributed by atoms with Crippen LogP contribution in [0.2, 0.25) is 0 Å². The molecule has 188 valence electrons. The molecule has 0 saturated carbocycles. The first-order valence-electron chi connectivity index (χ1n) is 12.8. The van der Waals surface area contributed by atoms with Crippen molar-refractivity contribution in [3.63, 3.8) is 0 Å². The zero-order valence-corrected chi connectivity index (χ0v) is 23.3. The van der Waals surface area contributed by atoms with Gasteiger partial charge in [-0.1, -0.05) is 30.3 Å². The summed E-state index contributed by atoms with van der Waals surface area (Å²) < 4.78 is 6.17. The van der Waals surface area contributed by atoms with Gasteiger partial charge in [-0.05, 0) is 58.4 Å². The molecule has 2 aliphatic heterocycles. The number of guanidine groups is 1. The maximum Gasteiger partial charge on any atom is 0.191 e. The van der Waals surface area contributed by atoms with Crippen molar-refractivity contribution < 1.29 is 4.74 Å². The number of nitrogens with zero attached hydrogens (tertiary/aromatic N) is 3. The maximum atomic E-state index is 6.17. The Bertz CT molecular complexity index is 656. The fourth-order valence-electron chi connectivity index (χ4n) is 4.65. The van der Waals surface area contributed by atoms with E-state index < -0.39 is 0 Å². The molecule has 0 amide bonds. The summed E-state index contributed by atoms with van der Waals surface area (Å²) in [5.41, 5.74) is 1.40. The van der Waals surface area contributed by atoms with Crippen molar-refractivity contribution in [2.45, 2.75) is 77.6 Å². The molecule has 1 aromatic carbocycles. The number of nitrogens with one attached hydrogen (secondary N) is 2. The molecule has 6 nitrogen and oxygen atoms in total. The normalized spacial score (nSPS) is 19.5. The number of hydrogen-bond donors (Lipinski definition) is 2. The van der Waals surface area contributed by atoms with Crippen LogP contribution in [-0.2, 0) is 11.3 Å². The minimum absolute atomic E-state index is 0. The topological polar surface area (TPSA) is 52.1 Å². The van der Waals surface area contributed by atoms with Crippen LogP contribution in [0.4, 0.5) is 0 Å². The number of ether oxygens (including phenoxy) is 1. The van der Waals surface area contributed by atoms with Crippen molar-refractivity contribution in [2.24, 2.45) is 4.99 Å². The molecule has 0 unspecified atom stereocenters. The number of halogens is 1. The number of likely N-dealkylation sites (tertiary alicyclic amines) is 2. The van der Waals surface area contributed by atoms with Crippen LogP contribution < -0.4 is 10.6 Å². The third-order valence-corrected chi connectivity index (χ3v) is 6.65. The predicted molar refractivity (Wildman–Crippen MR) is 150 cm³/mol. The smallest absolute Gasteiger partial charge is 0.191 e. The molecular weight excluding hydrogens is 525 g/mol. The van der Waals surface area contributed by atoms with Gasteiger partial charge in [0.15, 0.2) is 5.96 Å². The largest absolute Gasteiger partial charge is 0.378 e. The summed E-state index contributed by atoms with van der Waals surface area (Å²) in [7, 11) is 0. The molecule has 3 rings (SSSR count). The van der Waals surface area contributed by atoms with Crippen molar-refractivity contribution in [1.82, 2.24) is 20.4 Å². The Hall–Kier alpha value is -0.900. The van der Waals surface area contributed by atoms with Crippen LogP contribution in [-0.4, -0.2) is 79.8 Å². The summed E-state index contributed by atoms with van der Waals surface area (Å²) in [6, 6.07) is 11.9. The fourth-order valence-corrected chi connectivity index (χ4v) is 4.65. The summed E-state index contributed by atoms with van der Waals surface area (Å²) in [5, 5.41) is 7.06. The summed E-state index contributed by atoms with van der Waals surface area (Å²) in [4.78, 5) is 9.90. The van der Waals surface area contributed by atoms with Gasteiger partial charge in [0.25, 0.3) is 0 Å². The lowest BCUT2D eigenvalue weighted by Crippen LogP contribution is -2.49. The average molecular weight is 572 g/mol. The van der Waals surface area contributed by atoms with E-state index in [2.05, 4.69) is 71.5 Å². The van der Waals surface area contributed by atoms with Crippen LogP contribution in [0, 0.1) is 0 Å². The van der Waals surface area contributed by atoms with Crippen molar-refractivity contribution in [1.29, 1.82) is 0 Å². The molecule has 2 heterocycles. The molecule has 0 atom stereocenters. The monoisotopic (exact) mass is 571 g/mol. The molecule has 33 heavy (non-hydrogen) atoms. The Morgan fingerprint density at radius 1 is 1.06 bits per heavy atom. The van der Waals surface area contributed by atoms with Crippen LogP contribution in [0.25, 0.3) is 0 Å². The molecular formula is C26H46IN5O. The van der Waals surface area contributed by atoms with E-state index in [4.69, 9.17) is 9.73 Å².